The number of rotatable bonds is 9. The molecule has 0 bridgehead atoms. The van der Waals surface area contributed by atoms with Crippen LogP contribution in [0, 0.1) is 0 Å². The number of unbranched alkanes of at least 4 members (excludes halogenated alkanes) is 1. The SMILES string of the molecule is O=C(CCCN1CCc2ccccc21)NCCCCN1CCOCC1. The van der Waals surface area contributed by atoms with Gasteiger partial charge < -0.3 is 15.0 Å². The molecule has 2 aliphatic rings. The summed E-state index contributed by atoms with van der Waals surface area (Å²) in [5.41, 5.74) is 2.79. The minimum absolute atomic E-state index is 0.193. The van der Waals surface area contributed by atoms with Gasteiger partial charge in [0.25, 0.3) is 0 Å². The van der Waals surface area contributed by atoms with Crippen LogP contribution in [0.1, 0.15) is 31.2 Å². The van der Waals surface area contributed by atoms with Gasteiger partial charge in [-0.1, -0.05) is 18.2 Å². The van der Waals surface area contributed by atoms with E-state index in [9.17, 15) is 4.79 Å². The highest BCUT2D eigenvalue weighted by Crippen LogP contribution is 2.27. The van der Waals surface area contributed by atoms with Crippen molar-refractivity contribution in [3.05, 3.63) is 29.8 Å². The van der Waals surface area contributed by atoms with E-state index in [2.05, 4.69) is 39.4 Å². The van der Waals surface area contributed by atoms with Gasteiger partial charge >= 0.3 is 0 Å². The third-order valence-corrected chi connectivity index (χ3v) is 5.14. The fraction of sp³-hybridized carbons (Fsp3) is 0.650. The largest absolute Gasteiger partial charge is 0.379 e. The number of para-hydroxylation sites is 1. The third-order valence-electron chi connectivity index (χ3n) is 5.14. The normalized spacial score (nSPS) is 17.5. The van der Waals surface area contributed by atoms with Crippen molar-refractivity contribution in [3.63, 3.8) is 0 Å². The maximum Gasteiger partial charge on any atom is 0.220 e. The molecule has 2 aliphatic heterocycles. The number of hydrogen-bond donors (Lipinski definition) is 1. The molecule has 0 atom stereocenters. The molecule has 0 radical (unpaired) electrons. The molecule has 0 aliphatic carbocycles. The molecule has 0 aromatic heterocycles. The van der Waals surface area contributed by atoms with Crippen molar-refractivity contribution in [2.75, 3.05) is 57.4 Å². The average Bonchev–Trinajstić information content (AvgIpc) is 3.06. The fourth-order valence-corrected chi connectivity index (χ4v) is 3.67. The van der Waals surface area contributed by atoms with Crippen LogP contribution in [-0.4, -0.2) is 63.3 Å². The van der Waals surface area contributed by atoms with Gasteiger partial charge in [0, 0.05) is 44.8 Å². The summed E-state index contributed by atoms with van der Waals surface area (Å²) in [5, 5.41) is 3.06. The second kappa shape index (κ2) is 9.78. The van der Waals surface area contributed by atoms with Crippen LogP contribution in [0.5, 0.6) is 0 Å². The highest BCUT2D eigenvalue weighted by molar-refractivity contribution is 5.75. The van der Waals surface area contributed by atoms with Crippen LogP contribution in [0.3, 0.4) is 0 Å². The number of nitrogens with zero attached hydrogens (tertiary/aromatic N) is 2. The molecule has 5 nitrogen and oxygen atoms in total. The van der Waals surface area contributed by atoms with E-state index in [-0.39, 0.29) is 5.91 Å². The van der Waals surface area contributed by atoms with E-state index < -0.39 is 0 Å². The van der Waals surface area contributed by atoms with Crippen molar-refractivity contribution in [2.24, 2.45) is 0 Å². The molecule has 1 amide bonds. The Hall–Kier alpha value is -1.59. The minimum atomic E-state index is 0.193. The summed E-state index contributed by atoms with van der Waals surface area (Å²) < 4.78 is 5.35. The molecule has 3 rings (SSSR count). The lowest BCUT2D eigenvalue weighted by atomic mass is 10.2. The summed E-state index contributed by atoms with van der Waals surface area (Å²) in [6.07, 6.45) is 4.88. The van der Waals surface area contributed by atoms with Crippen LogP contribution in [-0.2, 0) is 16.0 Å². The van der Waals surface area contributed by atoms with Gasteiger partial charge in [-0.25, -0.2) is 0 Å². The molecule has 1 aromatic rings. The molecule has 1 fully saturated rings. The lowest BCUT2D eigenvalue weighted by Gasteiger charge is -2.26. The van der Waals surface area contributed by atoms with Gasteiger partial charge in [-0.3, -0.25) is 9.69 Å². The zero-order chi connectivity index (χ0) is 17.3. The Balaban J connectivity index is 1.22. The molecule has 1 N–H and O–H groups in total. The average molecular weight is 345 g/mol. The zero-order valence-electron chi connectivity index (χ0n) is 15.2. The van der Waals surface area contributed by atoms with Crippen molar-refractivity contribution in [3.8, 4) is 0 Å². The molecule has 0 spiro atoms. The van der Waals surface area contributed by atoms with Gasteiger partial charge in [-0.15, -0.1) is 0 Å². The number of hydrogen-bond acceptors (Lipinski definition) is 4. The molecule has 0 saturated carbocycles. The third kappa shape index (κ3) is 5.72. The maximum absolute atomic E-state index is 12.0. The summed E-state index contributed by atoms with van der Waals surface area (Å²) in [6, 6.07) is 8.60. The Bertz CT molecular complexity index is 543. The Kier molecular flexibility index (Phi) is 7.12. The summed E-state index contributed by atoms with van der Waals surface area (Å²) >= 11 is 0. The van der Waals surface area contributed by atoms with E-state index in [1.54, 1.807) is 0 Å². The first-order valence-electron chi connectivity index (χ1n) is 9.72. The number of benzene rings is 1. The predicted molar refractivity (Wildman–Crippen MR) is 101 cm³/mol. The van der Waals surface area contributed by atoms with Crippen molar-refractivity contribution in [1.29, 1.82) is 0 Å². The minimum Gasteiger partial charge on any atom is -0.379 e. The number of anilines is 1. The number of fused-ring (bicyclic) bond motifs is 1. The number of morpholine rings is 1. The number of amides is 1. The molecule has 5 heteroatoms. The molecular weight excluding hydrogens is 314 g/mol. The number of carbonyl (C=O) groups is 1. The van der Waals surface area contributed by atoms with Crippen LogP contribution in [0.15, 0.2) is 24.3 Å². The van der Waals surface area contributed by atoms with E-state index in [1.165, 1.54) is 11.3 Å². The molecule has 0 unspecified atom stereocenters. The first-order valence-corrected chi connectivity index (χ1v) is 9.72. The Morgan fingerprint density at radius 2 is 1.88 bits per heavy atom. The zero-order valence-corrected chi connectivity index (χ0v) is 15.2. The van der Waals surface area contributed by atoms with Gasteiger partial charge in [0.2, 0.25) is 5.91 Å². The monoisotopic (exact) mass is 345 g/mol. The Labute approximate surface area is 151 Å². The van der Waals surface area contributed by atoms with Crippen molar-refractivity contribution >= 4 is 11.6 Å². The predicted octanol–water partition coefficient (Wildman–Crippen LogP) is 2.06. The molecule has 2 heterocycles. The highest BCUT2D eigenvalue weighted by atomic mass is 16.5. The molecule has 138 valence electrons. The second-order valence-electron chi connectivity index (χ2n) is 6.98. The van der Waals surface area contributed by atoms with E-state index in [0.717, 1.165) is 78.2 Å². The van der Waals surface area contributed by atoms with E-state index in [0.29, 0.717) is 6.42 Å². The first-order chi connectivity index (χ1) is 12.3. The molecule has 1 aromatic carbocycles. The number of ether oxygens (including phenoxy) is 1. The van der Waals surface area contributed by atoms with Gasteiger partial charge in [-0.2, -0.15) is 0 Å². The van der Waals surface area contributed by atoms with Crippen LogP contribution in [0.25, 0.3) is 0 Å². The second-order valence-corrected chi connectivity index (χ2v) is 6.98. The van der Waals surface area contributed by atoms with Crippen LogP contribution in [0.2, 0.25) is 0 Å². The van der Waals surface area contributed by atoms with Crippen molar-refractivity contribution in [2.45, 2.75) is 32.1 Å². The summed E-state index contributed by atoms with van der Waals surface area (Å²) in [4.78, 5) is 16.8. The lowest BCUT2D eigenvalue weighted by molar-refractivity contribution is -0.121. The van der Waals surface area contributed by atoms with Crippen molar-refractivity contribution < 1.29 is 9.53 Å². The Morgan fingerprint density at radius 3 is 2.76 bits per heavy atom. The van der Waals surface area contributed by atoms with Crippen molar-refractivity contribution in [1.82, 2.24) is 10.2 Å². The number of nitrogens with one attached hydrogen (secondary N) is 1. The van der Waals surface area contributed by atoms with E-state index in [4.69, 9.17) is 4.74 Å². The van der Waals surface area contributed by atoms with E-state index in [1.807, 2.05) is 0 Å². The van der Waals surface area contributed by atoms with Crippen LogP contribution < -0.4 is 10.2 Å². The lowest BCUT2D eigenvalue weighted by Crippen LogP contribution is -2.37. The summed E-state index contributed by atoms with van der Waals surface area (Å²) in [7, 11) is 0. The topological polar surface area (TPSA) is 44.8 Å². The smallest absolute Gasteiger partial charge is 0.220 e. The van der Waals surface area contributed by atoms with E-state index >= 15 is 0 Å². The standard InChI is InChI=1S/C20H31N3O2/c24-20(21-10-3-4-11-22-14-16-25-17-15-22)8-5-12-23-13-9-18-6-1-2-7-19(18)23/h1-2,6-7H,3-5,8-17H2,(H,21,24). The van der Waals surface area contributed by atoms with Gasteiger partial charge in [-0.05, 0) is 43.9 Å². The molecular formula is C20H31N3O2. The Morgan fingerprint density at radius 1 is 1.04 bits per heavy atom. The maximum atomic E-state index is 12.0. The number of carbonyl (C=O) groups excluding carboxylic acids is 1. The van der Waals surface area contributed by atoms with Gasteiger partial charge in [0.1, 0.15) is 0 Å². The highest BCUT2D eigenvalue weighted by Gasteiger charge is 2.17. The van der Waals surface area contributed by atoms with Crippen LogP contribution >= 0.6 is 0 Å². The summed E-state index contributed by atoms with van der Waals surface area (Å²) in [5.74, 6) is 0.193. The first kappa shape index (κ1) is 18.2. The molecule has 1 saturated heterocycles. The quantitative estimate of drug-likeness (QED) is 0.696. The van der Waals surface area contributed by atoms with Crippen LogP contribution in [0.4, 0.5) is 5.69 Å². The summed E-state index contributed by atoms with van der Waals surface area (Å²) in [6.45, 7) is 7.79. The molecule has 25 heavy (non-hydrogen) atoms. The van der Waals surface area contributed by atoms with Gasteiger partial charge in [0.05, 0.1) is 13.2 Å². The fourth-order valence-electron chi connectivity index (χ4n) is 3.67. The van der Waals surface area contributed by atoms with Gasteiger partial charge in [0.15, 0.2) is 0 Å².